The number of carbonyl (C=O) groups excluding carboxylic acids is 1. The second-order valence-corrected chi connectivity index (χ2v) is 6.87. The molecule has 2 N–H and O–H groups in total. The van der Waals surface area contributed by atoms with E-state index in [9.17, 15) is 4.79 Å². The van der Waals surface area contributed by atoms with E-state index in [0.717, 1.165) is 37.2 Å². The molecule has 1 aliphatic rings. The number of carbonyl (C=O) groups is 1. The Morgan fingerprint density at radius 3 is 2.93 bits per heavy atom. The maximum absolute atomic E-state index is 12.2. The van der Waals surface area contributed by atoms with Gasteiger partial charge in [0.05, 0.1) is 18.8 Å². The molecule has 2 aromatic rings. The van der Waals surface area contributed by atoms with Gasteiger partial charge in [-0.05, 0) is 63.0 Å². The minimum Gasteiger partial charge on any atom is -0.493 e. The van der Waals surface area contributed by atoms with Gasteiger partial charge in [0.1, 0.15) is 5.75 Å². The second kappa shape index (κ2) is 10.5. The Kier molecular flexibility index (Phi) is 8.34. The first-order valence-electron chi connectivity index (χ1n) is 8.93. The molecule has 1 fully saturated rings. The van der Waals surface area contributed by atoms with E-state index in [1.165, 1.54) is 0 Å². The van der Waals surface area contributed by atoms with Crippen molar-refractivity contribution in [1.82, 2.24) is 25.6 Å². The fourth-order valence-electron chi connectivity index (χ4n) is 2.95. The Morgan fingerprint density at radius 1 is 1.41 bits per heavy atom. The zero-order valence-electron chi connectivity index (χ0n) is 15.3. The van der Waals surface area contributed by atoms with Crippen molar-refractivity contribution in [3.05, 3.63) is 40.7 Å². The normalized spacial score (nSPS) is 14.4. The van der Waals surface area contributed by atoms with Crippen LogP contribution in [0, 0.1) is 6.92 Å². The van der Waals surface area contributed by atoms with Crippen LogP contribution in [0.3, 0.4) is 0 Å². The van der Waals surface area contributed by atoms with Gasteiger partial charge in [-0.1, -0.05) is 16.8 Å². The Morgan fingerprint density at radius 2 is 2.19 bits per heavy atom. The lowest BCUT2D eigenvalue weighted by molar-refractivity contribution is 0.0946. The van der Waals surface area contributed by atoms with Gasteiger partial charge < -0.3 is 15.4 Å². The minimum atomic E-state index is -0.201. The maximum Gasteiger partial charge on any atom is 0.273 e. The van der Waals surface area contributed by atoms with Crippen LogP contribution in [-0.2, 0) is 0 Å². The van der Waals surface area contributed by atoms with Crippen LogP contribution in [0.15, 0.2) is 24.4 Å². The predicted molar refractivity (Wildman–Crippen MR) is 107 cm³/mol. The van der Waals surface area contributed by atoms with Crippen molar-refractivity contribution in [3.8, 4) is 5.75 Å². The summed E-state index contributed by atoms with van der Waals surface area (Å²) in [7, 11) is 0. The molecule has 1 aromatic heterocycles. The molecule has 0 saturated carbocycles. The number of halogens is 2. The van der Waals surface area contributed by atoms with E-state index in [-0.39, 0.29) is 18.3 Å². The van der Waals surface area contributed by atoms with Crippen molar-refractivity contribution in [3.63, 3.8) is 0 Å². The van der Waals surface area contributed by atoms with Crippen LogP contribution in [0.4, 0.5) is 0 Å². The number of nitrogens with one attached hydrogen (secondary N) is 2. The van der Waals surface area contributed by atoms with Crippen molar-refractivity contribution < 1.29 is 9.53 Å². The Balaban J connectivity index is 0.00000261. The van der Waals surface area contributed by atoms with Crippen molar-refractivity contribution in [2.45, 2.75) is 32.2 Å². The number of aromatic nitrogens is 3. The van der Waals surface area contributed by atoms with E-state index in [2.05, 4.69) is 20.9 Å². The Bertz CT molecular complexity index is 747. The summed E-state index contributed by atoms with van der Waals surface area (Å²) in [5.74, 6) is 0.610. The molecule has 7 nitrogen and oxygen atoms in total. The lowest BCUT2D eigenvalue weighted by Crippen LogP contribution is -2.29. The largest absolute Gasteiger partial charge is 0.493 e. The zero-order valence-corrected chi connectivity index (χ0v) is 16.9. The number of hydrogen-bond acceptors (Lipinski definition) is 5. The van der Waals surface area contributed by atoms with Gasteiger partial charge in [-0.15, -0.1) is 17.5 Å². The molecule has 0 spiro atoms. The van der Waals surface area contributed by atoms with E-state index in [0.29, 0.717) is 36.3 Å². The first kappa shape index (κ1) is 21.5. The van der Waals surface area contributed by atoms with Crippen LogP contribution in [0.25, 0.3) is 0 Å². The van der Waals surface area contributed by atoms with E-state index in [1.807, 2.05) is 23.7 Å². The van der Waals surface area contributed by atoms with E-state index < -0.39 is 0 Å². The summed E-state index contributed by atoms with van der Waals surface area (Å²) in [6.07, 6.45) is 4.45. The van der Waals surface area contributed by atoms with Crippen LogP contribution < -0.4 is 15.4 Å². The standard InChI is InChI=1S/C18H24ClN5O2.ClH/c1-13-11-14(19)3-4-17(13)26-10-2-7-21-18(25)16-12-24(23-22-16)15-5-8-20-9-6-15;/h3-4,11-12,15,20H,2,5-10H2,1H3,(H,21,25);1H. The molecule has 1 aromatic carbocycles. The monoisotopic (exact) mass is 413 g/mol. The fraction of sp³-hybridized carbons (Fsp3) is 0.500. The molecular weight excluding hydrogens is 389 g/mol. The van der Waals surface area contributed by atoms with Gasteiger partial charge >= 0.3 is 0 Å². The number of rotatable bonds is 7. The number of ether oxygens (including phenoxy) is 1. The van der Waals surface area contributed by atoms with Gasteiger partial charge in [-0.2, -0.15) is 0 Å². The summed E-state index contributed by atoms with van der Waals surface area (Å²) in [6.45, 7) is 4.93. The molecule has 9 heteroatoms. The first-order chi connectivity index (χ1) is 12.6. The maximum atomic E-state index is 12.2. The number of benzene rings is 1. The molecule has 0 unspecified atom stereocenters. The summed E-state index contributed by atoms with van der Waals surface area (Å²) >= 11 is 5.93. The molecule has 1 aliphatic heterocycles. The molecule has 3 rings (SSSR count). The van der Waals surface area contributed by atoms with Gasteiger partial charge in [0.2, 0.25) is 0 Å². The van der Waals surface area contributed by atoms with Gasteiger partial charge in [0.15, 0.2) is 5.69 Å². The smallest absolute Gasteiger partial charge is 0.273 e. The summed E-state index contributed by atoms with van der Waals surface area (Å²) in [4.78, 5) is 12.2. The van der Waals surface area contributed by atoms with E-state index in [4.69, 9.17) is 16.3 Å². The lowest BCUT2D eigenvalue weighted by Gasteiger charge is -2.22. The van der Waals surface area contributed by atoms with Crippen LogP contribution in [0.1, 0.15) is 41.4 Å². The van der Waals surface area contributed by atoms with Gasteiger partial charge in [0.25, 0.3) is 5.91 Å². The predicted octanol–water partition coefficient (Wildman–Crippen LogP) is 2.79. The Hall–Kier alpha value is -1.83. The summed E-state index contributed by atoms with van der Waals surface area (Å²) in [5, 5.41) is 15.0. The highest BCUT2D eigenvalue weighted by atomic mass is 35.5. The summed E-state index contributed by atoms with van der Waals surface area (Å²) in [5.41, 5.74) is 1.36. The molecular formula is C18H25Cl2N5O2. The SMILES string of the molecule is Cc1cc(Cl)ccc1OCCCNC(=O)c1cn(C2CCNCC2)nn1.Cl. The minimum absolute atomic E-state index is 0. The van der Waals surface area contributed by atoms with Gasteiger partial charge in [-0.25, -0.2) is 4.68 Å². The molecule has 0 atom stereocenters. The van der Waals surface area contributed by atoms with Crippen molar-refractivity contribution in [2.24, 2.45) is 0 Å². The van der Waals surface area contributed by atoms with Gasteiger partial charge in [-0.3, -0.25) is 4.79 Å². The zero-order chi connectivity index (χ0) is 18.4. The highest BCUT2D eigenvalue weighted by Gasteiger charge is 2.18. The van der Waals surface area contributed by atoms with Crippen molar-refractivity contribution in [1.29, 1.82) is 0 Å². The lowest BCUT2D eigenvalue weighted by atomic mass is 10.1. The average molecular weight is 414 g/mol. The van der Waals surface area contributed by atoms with Crippen LogP contribution in [0.5, 0.6) is 5.75 Å². The molecule has 0 bridgehead atoms. The number of aryl methyl sites for hydroxylation is 1. The van der Waals surface area contributed by atoms with E-state index in [1.54, 1.807) is 12.3 Å². The third-order valence-electron chi connectivity index (χ3n) is 4.43. The number of nitrogens with zero attached hydrogens (tertiary/aromatic N) is 3. The summed E-state index contributed by atoms with van der Waals surface area (Å²) < 4.78 is 7.52. The highest BCUT2D eigenvalue weighted by molar-refractivity contribution is 6.30. The summed E-state index contributed by atoms with van der Waals surface area (Å²) in [6, 6.07) is 5.85. The third-order valence-corrected chi connectivity index (χ3v) is 4.66. The molecule has 1 amide bonds. The molecule has 1 saturated heterocycles. The van der Waals surface area contributed by atoms with Crippen molar-refractivity contribution in [2.75, 3.05) is 26.2 Å². The fourth-order valence-corrected chi connectivity index (χ4v) is 3.18. The van der Waals surface area contributed by atoms with Gasteiger partial charge in [0, 0.05) is 11.6 Å². The molecule has 27 heavy (non-hydrogen) atoms. The third kappa shape index (κ3) is 6.09. The average Bonchev–Trinajstić information content (AvgIpc) is 3.14. The van der Waals surface area contributed by atoms with E-state index >= 15 is 0 Å². The highest BCUT2D eigenvalue weighted by Crippen LogP contribution is 2.21. The molecule has 2 heterocycles. The molecule has 0 aliphatic carbocycles. The topological polar surface area (TPSA) is 81.1 Å². The first-order valence-corrected chi connectivity index (χ1v) is 9.31. The van der Waals surface area contributed by atoms with Crippen molar-refractivity contribution >= 4 is 29.9 Å². The quantitative estimate of drug-likeness (QED) is 0.681. The van der Waals surface area contributed by atoms with Crippen LogP contribution in [-0.4, -0.2) is 47.1 Å². The number of amides is 1. The second-order valence-electron chi connectivity index (χ2n) is 6.43. The van der Waals surface area contributed by atoms with Crippen LogP contribution in [0.2, 0.25) is 5.02 Å². The number of piperidine rings is 1. The Labute approximate surface area is 170 Å². The molecule has 0 radical (unpaired) electrons. The van der Waals surface area contributed by atoms with Crippen LogP contribution >= 0.6 is 24.0 Å². The molecule has 148 valence electrons. The number of hydrogen-bond donors (Lipinski definition) is 2.